The highest BCUT2D eigenvalue weighted by molar-refractivity contribution is 7.10. The molecule has 1 unspecified atom stereocenters. The molecule has 0 aliphatic rings. The van der Waals surface area contributed by atoms with Crippen LogP contribution in [0.15, 0.2) is 17.5 Å². The van der Waals surface area contributed by atoms with Crippen molar-refractivity contribution in [3.05, 3.63) is 22.4 Å². The number of ether oxygens (including phenoxy) is 1. The minimum Gasteiger partial charge on any atom is -0.383 e. The van der Waals surface area contributed by atoms with Gasteiger partial charge in [-0.3, -0.25) is 0 Å². The average Bonchev–Trinajstić information content (AvgIpc) is 2.76. The van der Waals surface area contributed by atoms with Gasteiger partial charge < -0.3 is 15.4 Å². The number of hydrogen-bond acceptors (Lipinski definition) is 4. The van der Waals surface area contributed by atoms with Crippen LogP contribution < -0.4 is 10.6 Å². The molecule has 0 aliphatic carbocycles. The topological polar surface area (TPSA) is 33.3 Å². The van der Waals surface area contributed by atoms with Crippen LogP contribution in [-0.2, 0) is 4.74 Å². The SMILES string of the molecule is COCCNCCNC(C)c1cccs1. The summed E-state index contributed by atoms with van der Waals surface area (Å²) in [7, 11) is 1.72. The van der Waals surface area contributed by atoms with E-state index in [9.17, 15) is 0 Å². The molecule has 0 radical (unpaired) electrons. The molecule has 0 saturated heterocycles. The van der Waals surface area contributed by atoms with Gasteiger partial charge in [0.05, 0.1) is 6.61 Å². The van der Waals surface area contributed by atoms with Crippen LogP contribution in [-0.4, -0.2) is 33.4 Å². The molecule has 0 fully saturated rings. The molecule has 0 aromatic carbocycles. The first-order valence-corrected chi connectivity index (χ1v) is 6.19. The fraction of sp³-hybridized carbons (Fsp3) is 0.636. The van der Waals surface area contributed by atoms with Gasteiger partial charge in [0, 0.05) is 37.7 Å². The van der Waals surface area contributed by atoms with Gasteiger partial charge in [0.25, 0.3) is 0 Å². The second-order valence-corrected chi connectivity index (χ2v) is 4.41. The zero-order chi connectivity index (χ0) is 10.9. The van der Waals surface area contributed by atoms with Crippen LogP contribution in [0.25, 0.3) is 0 Å². The van der Waals surface area contributed by atoms with E-state index in [1.165, 1.54) is 4.88 Å². The largest absolute Gasteiger partial charge is 0.383 e. The summed E-state index contributed by atoms with van der Waals surface area (Å²) in [5.41, 5.74) is 0. The van der Waals surface area contributed by atoms with Crippen LogP contribution in [0.5, 0.6) is 0 Å². The first-order valence-electron chi connectivity index (χ1n) is 5.31. The Bertz CT molecular complexity index is 239. The van der Waals surface area contributed by atoms with Gasteiger partial charge in [-0.05, 0) is 18.4 Å². The molecule has 2 N–H and O–H groups in total. The van der Waals surface area contributed by atoms with Gasteiger partial charge in [-0.2, -0.15) is 0 Å². The summed E-state index contributed by atoms with van der Waals surface area (Å²) in [6.07, 6.45) is 0. The van der Waals surface area contributed by atoms with Crippen LogP contribution >= 0.6 is 11.3 Å². The zero-order valence-corrected chi connectivity index (χ0v) is 10.3. The predicted octanol–water partition coefficient (Wildman–Crippen LogP) is 1.63. The molecule has 1 heterocycles. The van der Waals surface area contributed by atoms with Crippen molar-refractivity contribution in [1.82, 2.24) is 10.6 Å². The van der Waals surface area contributed by atoms with E-state index >= 15 is 0 Å². The lowest BCUT2D eigenvalue weighted by molar-refractivity contribution is 0.199. The number of nitrogens with one attached hydrogen (secondary N) is 2. The van der Waals surface area contributed by atoms with E-state index < -0.39 is 0 Å². The number of thiophene rings is 1. The lowest BCUT2D eigenvalue weighted by Crippen LogP contribution is -2.30. The second kappa shape index (κ2) is 7.82. The molecular weight excluding hydrogens is 208 g/mol. The monoisotopic (exact) mass is 228 g/mol. The fourth-order valence-electron chi connectivity index (χ4n) is 1.31. The van der Waals surface area contributed by atoms with Gasteiger partial charge in [0.2, 0.25) is 0 Å². The van der Waals surface area contributed by atoms with Gasteiger partial charge in [0.1, 0.15) is 0 Å². The van der Waals surface area contributed by atoms with Crippen LogP contribution in [0.4, 0.5) is 0 Å². The Hall–Kier alpha value is -0.420. The third-order valence-electron chi connectivity index (χ3n) is 2.21. The third kappa shape index (κ3) is 5.28. The Morgan fingerprint density at radius 1 is 1.40 bits per heavy atom. The summed E-state index contributed by atoms with van der Waals surface area (Å²) >= 11 is 1.80. The molecule has 1 atom stereocenters. The van der Waals surface area contributed by atoms with E-state index in [1.54, 1.807) is 18.4 Å². The summed E-state index contributed by atoms with van der Waals surface area (Å²) in [6.45, 7) is 5.87. The Balaban J connectivity index is 2.00. The third-order valence-corrected chi connectivity index (χ3v) is 3.26. The second-order valence-electron chi connectivity index (χ2n) is 3.43. The van der Waals surface area contributed by atoms with E-state index in [0.717, 1.165) is 26.2 Å². The molecule has 0 spiro atoms. The van der Waals surface area contributed by atoms with Gasteiger partial charge in [-0.15, -0.1) is 11.3 Å². The van der Waals surface area contributed by atoms with Crippen LogP contribution in [0.3, 0.4) is 0 Å². The molecule has 0 aliphatic heterocycles. The van der Waals surface area contributed by atoms with E-state index in [2.05, 4.69) is 35.1 Å². The van der Waals surface area contributed by atoms with Crippen molar-refractivity contribution in [2.45, 2.75) is 13.0 Å². The number of hydrogen-bond donors (Lipinski definition) is 2. The summed E-state index contributed by atoms with van der Waals surface area (Å²) in [5.74, 6) is 0. The lowest BCUT2D eigenvalue weighted by Gasteiger charge is -2.12. The normalized spacial score (nSPS) is 12.9. The van der Waals surface area contributed by atoms with E-state index in [1.807, 2.05) is 0 Å². The Morgan fingerprint density at radius 3 is 2.93 bits per heavy atom. The first kappa shape index (κ1) is 12.6. The summed E-state index contributed by atoms with van der Waals surface area (Å²) in [6, 6.07) is 4.71. The molecule has 0 bridgehead atoms. The molecule has 15 heavy (non-hydrogen) atoms. The smallest absolute Gasteiger partial charge is 0.0587 e. The van der Waals surface area contributed by atoms with Gasteiger partial charge in [0.15, 0.2) is 0 Å². The summed E-state index contributed by atoms with van der Waals surface area (Å²) < 4.78 is 4.95. The van der Waals surface area contributed by atoms with Crippen molar-refractivity contribution in [3.63, 3.8) is 0 Å². The number of methoxy groups -OCH3 is 1. The maximum Gasteiger partial charge on any atom is 0.0587 e. The van der Waals surface area contributed by atoms with Crippen molar-refractivity contribution in [1.29, 1.82) is 0 Å². The van der Waals surface area contributed by atoms with Crippen LogP contribution in [0, 0.1) is 0 Å². The molecule has 0 saturated carbocycles. The van der Waals surface area contributed by atoms with E-state index in [0.29, 0.717) is 6.04 Å². The molecule has 86 valence electrons. The molecule has 1 aromatic rings. The summed E-state index contributed by atoms with van der Waals surface area (Å²) in [5, 5.41) is 8.89. The fourth-order valence-corrected chi connectivity index (χ4v) is 2.07. The van der Waals surface area contributed by atoms with E-state index in [-0.39, 0.29) is 0 Å². The van der Waals surface area contributed by atoms with Crippen molar-refractivity contribution in [3.8, 4) is 0 Å². The standard InChI is InChI=1S/C11H20N2OS/c1-10(11-4-3-9-15-11)13-6-5-12-7-8-14-2/h3-4,9-10,12-13H,5-8H2,1-2H3. The summed E-state index contributed by atoms with van der Waals surface area (Å²) in [4.78, 5) is 1.40. The Kier molecular flexibility index (Phi) is 6.59. The Labute approximate surface area is 95.8 Å². The minimum absolute atomic E-state index is 0.453. The highest BCUT2D eigenvalue weighted by Crippen LogP contribution is 2.17. The average molecular weight is 228 g/mol. The maximum atomic E-state index is 4.95. The molecular formula is C11H20N2OS. The Morgan fingerprint density at radius 2 is 2.27 bits per heavy atom. The molecule has 1 rings (SSSR count). The van der Waals surface area contributed by atoms with Crippen LogP contribution in [0.2, 0.25) is 0 Å². The minimum atomic E-state index is 0.453. The number of rotatable bonds is 8. The van der Waals surface area contributed by atoms with Crippen molar-refractivity contribution < 1.29 is 4.74 Å². The van der Waals surface area contributed by atoms with Crippen molar-refractivity contribution in [2.75, 3.05) is 33.4 Å². The van der Waals surface area contributed by atoms with Crippen LogP contribution in [0.1, 0.15) is 17.8 Å². The zero-order valence-electron chi connectivity index (χ0n) is 9.45. The highest BCUT2D eigenvalue weighted by atomic mass is 32.1. The highest BCUT2D eigenvalue weighted by Gasteiger charge is 2.03. The van der Waals surface area contributed by atoms with Crippen molar-refractivity contribution in [2.24, 2.45) is 0 Å². The predicted molar refractivity (Wildman–Crippen MR) is 65.5 cm³/mol. The lowest BCUT2D eigenvalue weighted by atomic mass is 10.3. The first-order chi connectivity index (χ1) is 7.34. The van der Waals surface area contributed by atoms with E-state index in [4.69, 9.17) is 4.74 Å². The molecule has 4 heteroatoms. The van der Waals surface area contributed by atoms with Crippen molar-refractivity contribution >= 4 is 11.3 Å². The molecule has 0 amide bonds. The molecule has 3 nitrogen and oxygen atoms in total. The van der Waals surface area contributed by atoms with Gasteiger partial charge >= 0.3 is 0 Å². The maximum absolute atomic E-state index is 4.95. The van der Waals surface area contributed by atoms with Gasteiger partial charge in [-0.1, -0.05) is 6.07 Å². The molecule has 1 aromatic heterocycles. The van der Waals surface area contributed by atoms with Gasteiger partial charge in [-0.25, -0.2) is 0 Å². The quantitative estimate of drug-likeness (QED) is 0.664.